The largest absolute Gasteiger partial charge is 0.448 e. The minimum atomic E-state index is -0.914. The summed E-state index contributed by atoms with van der Waals surface area (Å²) in [7, 11) is 0. The van der Waals surface area contributed by atoms with Gasteiger partial charge in [0.25, 0.3) is 11.8 Å². The number of rotatable bonds is 11. The second-order valence-electron chi connectivity index (χ2n) is 14.7. The number of ether oxygens (including phenoxy) is 2. The second kappa shape index (κ2) is 16.7. The van der Waals surface area contributed by atoms with Gasteiger partial charge in [0.1, 0.15) is 27.7 Å². The molecule has 0 saturated carbocycles. The average molecular weight is 809 g/mol. The number of carbonyl (C=O) groups excluding carboxylic acids is 5. The van der Waals surface area contributed by atoms with Crippen LogP contribution in [-0.2, 0) is 41.7 Å². The molecule has 2 saturated heterocycles. The Morgan fingerprint density at radius 3 is 2.26 bits per heavy atom. The van der Waals surface area contributed by atoms with E-state index in [1.54, 1.807) is 48.7 Å². The van der Waals surface area contributed by atoms with E-state index in [-0.39, 0.29) is 29.8 Å². The molecule has 5 heterocycles. The van der Waals surface area contributed by atoms with Crippen LogP contribution >= 0.6 is 23.1 Å². The van der Waals surface area contributed by atoms with E-state index in [1.807, 2.05) is 79.7 Å². The van der Waals surface area contributed by atoms with Gasteiger partial charge in [-0.25, -0.2) is 9.59 Å². The summed E-state index contributed by atoms with van der Waals surface area (Å²) in [6.07, 6.45) is 4.20. The zero-order chi connectivity index (χ0) is 40.3. The molecule has 0 radical (unpaired) electrons. The first-order valence-corrected chi connectivity index (χ1v) is 20.3. The standard InChI is InChI=1S/C41H41N7O7S2/c1-25-44-45-39(57-25)42-31(49)23-46-18-15-26(16-19-46)22-47-20-17-29(35(47)50)21-30-24-56-37-32(43-40(53)55-41(2,3)4)36(51)48(37)33(30)38(52)54-34(27-11-7-5-8-12-27)28-13-9-6-10-14-28/h5-16,18-19,21,32,34,37H,17,20,22-24H2,1-4H3,(H-,42,43,45,49,53)/p+1/b29-21+/t32-,37-/m1/s1. The number of allylic oxidation sites excluding steroid dienone is 1. The number of nitrogens with one attached hydrogen (secondary N) is 2. The van der Waals surface area contributed by atoms with Gasteiger partial charge in [-0.15, -0.1) is 22.0 Å². The molecule has 0 unspecified atom stereocenters. The lowest BCUT2D eigenvalue weighted by Crippen LogP contribution is -2.70. The lowest BCUT2D eigenvalue weighted by Gasteiger charge is -2.49. The molecular weight excluding hydrogens is 767 g/mol. The fraction of sp³-hybridized carbons (Fsp3) is 0.317. The van der Waals surface area contributed by atoms with Gasteiger partial charge in [0.2, 0.25) is 17.6 Å². The summed E-state index contributed by atoms with van der Waals surface area (Å²) >= 11 is 2.68. The van der Waals surface area contributed by atoms with Crippen LogP contribution in [0.5, 0.6) is 0 Å². The fourth-order valence-electron chi connectivity index (χ4n) is 6.68. The van der Waals surface area contributed by atoms with E-state index in [0.717, 1.165) is 21.7 Å². The van der Waals surface area contributed by atoms with E-state index in [1.165, 1.54) is 28.0 Å². The van der Waals surface area contributed by atoms with Crippen molar-refractivity contribution in [3.05, 3.63) is 130 Å². The topological polar surface area (TPSA) is 164 Å². The smallest absolute Gasteiger partial charge is 0.408 e. The number of nitrogens with zero attached hydrogens (tertiary/aromatic N) is 5. The van der Waals surface area contributed by atoms with Crippen molar-refractivity contribution in [1.29, 1.82) is 0 Å². The summed E-state index contributed by atoms with van der Waals surface area (Å²) in [5, 5.41) is 13.9. The Bertz CT molecular complexity index is 2200. The number of aromatic nitrogens is 3. The lowest BCUT2D eigenvalue weighted by atomic mass is 10.00. The van der Waals surface area contributed by atoms with Gasteiger partial charge in [0, 0.05) is 36.5 Å². The van der Waals surface area contributed by atoms with Crippen LogP contribution in [-0.4, -0.2) is 79.1 Å². The highest BCUT2D eigenvalue weighted by Gasteiger charge is 2.55. The maximum atomic E-state index is 14.4. The Hall–Kier alpha value is -5.87. The van der Waals surface area contributed by atoms with Crippen molar-refractivity contribution < 1.29 is 38.0 Å². The summed E-state index contributed by atoms with van der Waals surface area (Å²) < 4.78 is 13.4. The number of likely N-dealkylation sites (tertiary alicyclic amines) is 1. The Morgan fingerprint density at radius 2 is 1.65 bits per heavy atom. The minimum Gasteiger partial charge on any atom is -0.448 e. The van der Waals surface area contributed by atoms with Gasteiger partial charge in [0.05, 0.1) is 0 Å². The molecule has 294 valence electrons. The minimum absolute atomic E-state index is 0.0412. The molecular formula is C41H42N7O7S2+. The highest BCUT2D eigenvalue weighted by Crippen LogP contribution is 2.43. The number of fused-ring (bicyclic) bond motifs is 1. The molecule has 0 bridgehead atoms. The van der Waals surface area contributed by atoms with E-state index in [9.17, 15) is 24.0 Å². The molecule has 14 nitrogen and oxygen atoms in total. The van der Waals surface area contributed by atoms with Crippen LogP contribution in [0.25, 0.3) is 0 Å². The predicted molar refractivity (Wildman–Crippen MR) is 212 cm³/mol. The predicted octanol–water partition coefficient (Wildman–Crippen LogP) is 4.83. The first-order chi connectivity index (χ1) is 27.3. The molecule has 2 N–H and O–H groups in total. The molecule has 2 fully saturated rings. The number of thioether (sulfide) groups is 1. The van der Waals surface area contributed by atoms with Gasteiger partial charge in [0.15, 0.2) is 18.5 Å². The fourth-order valence-corrected chi connectivity index (χ4v) is 8.59. The van der Waals surface area contributed by atoms with E-state index >= 15 is 0 Å². The molecule has 57 heavy (non-hydrogen) atoms. The third-order valence-corrected chi connectivity index (χ3v) is 11.3. The number of hydrogen-bond acceptors (Lipinski definition) is 11. The van der Waals surface area contributed by atoms with Crippen molar-refractivity contribution in [3.8, 4) is 0 Å². The number of amides is 4. The zero-order valence-electron chi connectivity index (χ0n) is 31.8. The van der Waals surface area contributed by atoms with Crippen LogP contribution in [0.4, 0.5) is 9.93 Å². The van der Waals surface area contributed by atoms with Crippen molar-refractivity contribution >= 4 is 58.0 Å². The SMILES string of the molecule is Cc1nnc(NC(=O)C[n+]2ccc(CN3CC/C(=C\C4=C(C(=O)OC(c5ccccc5)c5ccccc5)N5C(=O)[C@@H](NC(=O)OC(C)(C)C)[C@H]5SC4)C3=O)cc2)s1. The second-order valence-corrected chi connectivity index (χ2v) is 17.0. The van der Waals surface area contributed by atoms with Crippen molar-refractivity contribution in [2.45, 2.75) is 70.3 Å². The van der Waals surface area contributed by atoms with Crippen molar-refractivity contribution in [2.24, 2.45) is 0 Å². The van der Waals surface area contributed by atoms with Gasteiger partial charge >= 0.3 is 12.1 Å². The summed E-state index contributed by atoms with van der Waals surface area (Å²) in [5.41, 5.74) is 2.64. The number of β-lactam (4-membered cyclic amide) rings is 1. The van der Waals surface area contributed by atoms with Crippen LogP contribution in [0.15, 0.2) is 108 Å². The summed E-state index contributed by atoms with van der Waals surface area (Å²) in [6, 6.07) is 21.5. The van der Waals surface area contributed by atoms with E-state index < -0.39 is 41.1 Å². The van der Waals surface area contributed by atoms with Gasteiger partial charge < -0.3 is 19.7 Å². The van der Waals surface area contributed by atoms with Gasteiger partial charge in [-0.3, -0.25) is 24.6 Å². The van der Waals surface area contributed by atoms with E-state index in [2.05, 4.69) is 20.8 Å². The highest BCUT2D eigenvalue weighted by atomic mass is 32.2. The summed E-state index contributed by atoms with van der Waals surface area (Å²) in [5.74, 6) is -1.33. The molecule has 0 aliphatic carbocycles. The van der Waals surface area contributed by atoms with Crippen molar-refractivity contribution in [2.75, 3.05) is 17.6 Å². The zero-order valence-corrected chi connectivity index (χ0v) is 33.5. The molecule has 4 aromatic rings. The van der Waals surface area contributed by atoms with Crippen molar-refractivity contribution in [1.82, 2.24) is 25.3 Å². The first-order valence-electron chi connectivity index (χ1n) is 18.4. The van der Waals surface area contributed by atoms with Gasteiger partial charge in [-0.1, -0.05) is 72.0 Å². The van der Waals surface area contributed by atoms with E-state index in [0.29, 0.717) is 35.8 Å². The first kappa shape index (κ1) is 39.4. The number of benzene rings is 2. The number of alkyl carbamates (subject to hydrolysis) is 1. The number of hydrogen-bond donors (Lipinski definition) is 2. The Labute approximate surface area is 337 Å². The quantitative estimate of drug-likeness (QED) is 0.0929. The maximum absolute atomic E-state index is 14.4. The number of anilines is 1. The third kappa shape index (κ3) is 9.24. The normalized spacial score (nSPS) is 18.7. The summed E-state index contributed by atoms with van der Waals surface area (Å²) in [6.45, 7) is 7.90. The van der Waals surface area contributed by atoms with Crippen LogP contribution < -0.4 is 15.2 Å². The molecule has 2 atom stereocenters. The Kier molecular flexibility index (Phi) is 11.5. The molecule has 3 aliphatic rings. The Balaban J connectivity index is 1.11. The number of pyridine rings is 1. The van der Waals surface area contributed by atoms with Crippen LogP contribution in [0.3, 0.4) is 0 Å². The molecule has 4 amide bonds. The third-order valence-electron chi connectivity index (χ3n) is 9.29. The van der Waals surface area contributed by atoms with Crippen LogP contribution in [0, 0.1) is 6.92 Å². The number of carbonyl (C=O) groups is 5. The van der Waals surface area contributed by atoms with Crippen LogP contribution in [0.2, 0.25) is 0 Å². The van der Waals surface area contributed by atoms with E-state index in [4.69, 9.17) is 9.47 Å². The van der Waals surface area contributed by atoms with Crippen molar-refractivity contribution in [3.63, 3.8) is 0 Å². The average Bonchev–Trinajstić information content (AvgIpc) is 3.75. The van der Waals surface area contributed by atoms with Crippen LogP contribution in [0.1, 0.15) is 55.0 Å². The number of aryl methyl sites for hydroxylation is 1. The maximum Gasteiger partial charge on any atom is 0.408 e. The molecule has 3 aliphatic heterocycles. The highest BCUT2D eigenvalue weighted by molar-refractivity contribution is 8.00. The van der Waals surface area contributed by atoms with Gasteiger partial charge in [-0.05, 0) is 62.5 Å². The molecule has 16 heteroatoms. The Morgan fingerprint density at radius 1 is 0.982 bits per heavy atom. The molecule has 7 rings (SSSR count). The molecule has 2 aromatic heterocycles. The number of esters is 1. The molecule has 2 aromatic carbocycles. The monoisotopic (exact) mass is 808 g/mol. The molecule has 0 spiro atoms. The lowest BCUT2D eigenvalue weighted by molar-refractivity contribution is -0.684. The summed E-state index contributed by atoms with van der Waals surface area (Å²) in [4.78, 5) is 70.3. The van der Waals surface area contributed by atoms with Gasteiger partial charge in [-0.2, -0.15) is 4.57 Å².